The number of hydrogen-bond acceptors (Lipinski definition) is 2. The third-order valence-corrected chi connectivity index (χ3v) is 3.23. The molecule has 0 radical (unpaired) electrons. The van der Waals surface area contributed by atoms with Gasteiger partial charge in [-0.15, -0.1) is 0 Å². The Kier molecular flexibility index (Phi) is 4.14. The molecule has 2 N–H and O–H groups in total. The molecule has 2 heteroatoms. The number of hydrogen-bond donors (Lipinski definition) is 1. The van der Waals surface area contributed by atoms with Crippen LogP contribution in [0.2, 0.25) is 0 Å². The molecule has 0 amide bonds. The minimum Gasteiger partial charge on any atom is -0.373 e. The fourth-order valence-corrected chi connectivity index (χ4v) is 2.43. The van der Waals surface area contributed by atoms with Crippen molar-refractivity contribution < 1.29 is 4.74 Å². The van der Waals surface area contributed by atoms with Gasteiger partial charge in [-0.2, -0.15) is 0 Å². The average Bonchev–Trinajstić information content (AvgIpc) is 2.18. The van der Waals surface area contributed by atoms with Gasteiger partial charge in [0.25, 0.3) is 0 Å². The third-order valence-electron chi connectivity index (χ3n) is 3.23. The number of rotatable bonds is 4. The van der Waals surface area contributed by atoms with Crippen molar-refractivity contribution in [2.45, 2.75) is 57.6 Å². The molecule has 82 valence electrons. The van der Waals surface area contributed by atoms with Crippen molar-refractivity contribution in [3.63, 3.8) is 0 Å². The van der Waals surface area contributed by atoms with Gasteiger partial charge in [-0.1, -0.05) is 31.4 Å². The molecule has 0 aromatic heterocycles. The van der Waals surface area contributed by atoms with E-state index in [2.05, 4.69) is 6.58 Å². The van der Waals surface area contributed by atoms with Crippen LogP contribution in [0.5, 0.6) is 0 Å². The minimum atomic E-state index is -0.112. The van der Waals surface area contributed by atoms with E-state index in [9.17, 15) is 0 Å². The predicted octanol–water partition coefficient (Wildman–Crippen LogP) is 2.63. The molecule has 1 saturated carbocycles. The highest BCUT2D eigenvalue weighted by atomic mass is 16.5. The van der Waals surface area contributed by atoms with E-state index >= 15 is 0 Å². The molecule has 1 atom stereocenters. The molecule has 0 aliphatic heterocycles. The maximum atomic E-state index is 6.19. The summed E-state index contributed by atoms with van der Waals surface area (Å²) in [6.45, 7) is 8.75. The molecule has 1 unspecified atom stereocenters. The normalized spacial score (nSPS) is 23.1. The largest absolute Gasteiger partial charge is 0.373 e. The fraction of sp³-hybridized carbons (Fsp3) is 0.833. The van der Waals surface area contributed by atoms with Crippen molar-refractivity contribution in [3.8, 4) is 0 Å². The zero-order valence-corrected chi connectivity index (χ0v) is 9.51. The Balaban J connectivity index is 2.73. The molecule has 1 aliphatic carbocycles. The van der Waals surface area contributed by atoms with Gasteiger partial charge in [-0.05, 0) is 26.7 Å². The lowest BCUT2D eigenvalue weighted by molar-refractivity contribution is -0.0745. The van der Waals surface area contributed by atoms with Crippen molar-refractivity contribution in [2.24, 2.45) is 5.73 Å². The summed E-state index contributed by atoms with van der Waals surface area (Å²) in [7, 11) is 0. The van der Waals surface area contributed by atoms with E-state index < -0.39 is 0 Å². The molecule has 2 nitrogen and oxygen atoms in total. The highest BCUT2D eigenvalue weighted by Gasteiger charge is 2.38. The zero-order valence-electron chi connectivity index (χ0n) is 9.51. The summed E-state index contributed by atoms with van der Waals surface area (Å²) in [5.41, 5.74) is 7.12. The van der Waals surface area contributed by atoms with E-state index in [4.69, 9.17) is 10.5 Å². The van der Waals surface area contributed by atoms with Gasteiger partial charge < -0.3 is 10.5 Å². The van der Waals surface area contributed by atoms with E-state index in [1.54, 1.807) is 0 Å². The Hall–Kier alpha value is -0.340. The van der Waals surface area contributed by atoms with E-state index in [-0.39, 0.29) is 11.6 Å². The van der Waals surface area contributed by atoms with Crippen molar-refractivity contribution in [3.05, 3.63) is 12.2 Å². The van der Waals surface area contributed by atoms with Crippen molar-refractivity contribution in [2.75, 3.05) is 6.61 Å². The molecule has 0 heterocycles. The summed E-state index contributed by atoms with van der Waals surface area (Å²) in [6.07, 6.45) is 5.98. The Morgan fingerprint density at radius 1 is 1.43 bits per heavy atom. The fourth-order valence-electron chi connectivity index (χ4n) is 2.43. The van der Waals surface area contributed by atoms with Crippen LogP contribution in [0.15, 0.2) is 12.2 Å². The predicted molar refractivity (Wildman–Crippen MR) is 60.2 cm³/mol. The van der Waals surface area contributed by atoms with E-state index in [0.717, 1.165) is 25.0 Å². The van der Waals surface area contributed by atoms with E-state index in [1.807, 2.05) is 13.8 Å². The zero-order chi connectivity index (χ0) is 10.6. The second-order valence-electron chi connectivity index (χ2n) is 4.38. The summed E-state index contributed by atoms with van der Waals surface area (Å²) < 4.78 is 5.91. The molecule has 0 spiro atoms. The molecular weight excluding hydrogens is 174 g/mol. The number of ether oxygens (including phenoxy) is 1. The number of nitrogens with two attached hydrogens (primary N) is 1. The first-order chi connectivity index (χ1) is 6.62. The van der Waals surface area contributed by atoms with Crippen LogP contribution in [0.4, 0.5) is 0 Å². The third kappa shape index (κ3) is 2.37. The Morgan fingerprint density at radius 3 is 2.43 bits per heavy atom. The first-order valence-electron chi connectivity index (χ1n) is 5.67. The van der Waals surface area contributed by atoms with Crippen LogP contribution >= 0.6 is 0 Å². The van der Waals surface area contributed by atoms with Gasteiger partial charge in [0, 0.05) is 6.61 Å². The molecule has 0 saturated heterocycles. The molecule has 1 fully saturated rings. The maximum Gasteiger partial charge on any atom is 0.0870 e. The van der Waals surface area contributed by atoms with Crippen molar-refractivity contribution in [1.82, 2.24) is 0 Å². The quantitative estimate of drug-likeness (QED) is 0.703. The molecule has 0 aromatic carbocycles. The van der Waals surface area contributed by atoms with Gasteiger partial charge >= 0.3 is 0 Å². The smallest absolute Gasteiger partial charge is 0.0870 e. The minimum absolute atomic E-state index is 0.00255. The molecule has 0 bridgehead atoms. The summed E-state index contributed by atoms with van der Waals surface area (Å²) >= 11 is 0. The van der Waals surface area contributed by atoms with Crippen molar-refractivity contribution >= 4 is 0 Å². The Bertz CT molecular complexity index is 189. The molecule has 1 rings (SSSR count). The van der Waals surface area contributed by atoms with Gasteiger partial charge in [0.2, 0.25) is 0 Å². The summed E-state index contributed by atoms with van der Waals surface area (Å²) in [6, 6.07) is 0.00255. The Labute approximate surface area is 87.5 Å². The second-order valence-corrected chi connectivity index (χ2v) is 4.38. The van der Waals surface area contributed by atoms with Gasteiger partial charge in [0.15, 0.2) is 0 Å². The average molecular weight is 197 g/mol. The summed E-state index contributed by atoms with van der Waals surface area (Å²) in [4.78, 5) is 0. The van der Waals surface area contributed by atoms with Crippen LogP contribution in [-0.4, -0.2) is 18.2 Å². The van der Waals surface area contributed by atoms with Crippen LogP contribution in [0.25, 0.3) is 0 Å². The van der Waals surface area contributed by atoms with Crippen LogP contribution < -0.4 is 5.73 Å². The Morgan fingerprint density at radius 2 is 2.00 bits per heavy atom. The van der Waals surface area contributed by atoms with Crippen LogP contribution in [-0.2, 0) is 4.74 Å². The maximum absolute atomic E-state index is 6.19. The van der Waals surface area contributed by atoms with E-state index in [1.165, 1.54) is 19.3 Å². The first kappa shape index (κ1) is 11.7. The van der Waals surface area contributed by atoms with Gasteiger partial charge in [-0.3, -0.25) is 0 Å². The summed E-state index contributed by atoms with van der Waals surface area (Å²) in [5, 5.41) is 0. The summed E-state index contributed by atoms with van der Waals surface area (Å²) in [5.74, 6) is 0. The van der Waals surface area contributed by atoms with Crippen LogP contribution in [0.3, 0.4) is 0 Å². The lowest BCUT2D eigenvalue weighted by Crippen LogP contribution is -2.51. The monoisotopic (exact) mass is 197 g/mol. The van der Waals surface area contributed by atoms with Gasteiger partial charge in [-0.25, -0.2) is 0 Å². The highest BCUT2D eigenvalue weighted by Crippen LogP contribution is 2.35. The van der Waals surface area contributed by atoms with Crippen LogP contribution in [0, 0.1) is 0 Å². The SMILES string of the molecule is C=C(C)C(N)C1(OCC)CCCCC1. The first-order valence-corrected chi connectivity index (χ1v) is 5.67. The van der Waals surface area contributed by atoms with Crippen molar-refractivity contribution in [1.29, 1.82) is 0 Å². The topological polar surface area (TPSA) is 35.2 Å². The standard InChI is InChI=1S/C12H23NO/c1-4-14-12(11(13)10(2)3)8-6-5-7-9-12/h11H,2,4-9,13H2,1,3H3. The van der Waals surface area contributed by atoms with E-state index in [0.29, 0.717) is 0 Å². The molecule has 0 aromatic rings. The lowest BCUT2D eigenvalue weighted by atomic mass is 9.77. The highest BCUT2D eigenvalue weighted by molar-refractivity contribution is 5.11. The van der Waals surface area contributed by atoms with Gasteiger partial charge in [0.05, 0.1) is 11.6 Å². The van der Waals surface area contributed by atoms with Crippen LogP contribution in [0.1, 0.15) is 46.0 Å². The van der Waals surface area contributed by atoms with Gasteiger partial charge in [0.1, 0.15) is 0 Å². The molecule has 1 aliphatic rings. The molecular formula is C12H23NO. The molecule has 14 heavy (non-hydrogen) atoms. The lowest BCUT2D eigenvalue weighted by Gasteiger charge is -2.42. The second kappa shape index (κ2) is 4.94.